The highest BCUT2D eigenvalue weighted by Gasteiger charge is 2.33. The molecule has 2 amide bonds. The van der Waals surface area contributed by atoms with Crippen LogP contribution in [0.15, 0.2) is 78.7 Å². The Morgan fingerprint density at radius 1 is 1.15 bits per heavy atom. The van der Waals surface area contributed by atoms with Gasteiger partial charge in [-0.05, 0) is 47.7 Å². The van der Waals surface area contributed by atoms with Gasteiger partial charge in [0.05, 0.1) is 13.2 Å². The summed E-state index contributed by atoms with van der Waals surface area (Å²) < 4.78 is 11.4. The van der Waals surface area contributed by atoms with Gasteiger partial charge in [0.15, 0.2) is 0 Å². The minimum absolute atomic E-state index is 0.0190. The lowest BCUT2D eigenvalue weighted by Crippen LogP contribution is -2.47. The molecule has 34 heavy (non-hydrogen) atoms. The normalized spacial score (nSPS) is 14.7. The van der Waals surface area contributed by atoms with Crippen molar-refractivity contribution in [3.8, 4) is 11.5 Å². The Bertz CT molecular complexity index is 1140. The predicted molar refractivity (Wildman–Crippen MR) is 134 cm³/mol. The number of thiophene rings is 1. The Morgan fingerprint density at radius 2 is 1.94 bits per heavy atom. The van der Waals surface area contributed by atoms with Gasteiger partial charge in [0, 0.05) is 29.6 Å². The number of nitrogens with zero attached hydrogens (tertiary/aromatic N) is 2. The van der Waals surface area contributed by atoms with Crippen molar-refractivity contribution in [2.45, 2.75) is 12.5 Å². The second kappa shape index (κ2) is 11.0. The van der Waals surface area contributed by atoms with E-state index in [4.69, 9.17) is 9.47 Å². The van der Waals surface area contributed by atoms with Crippen LogP contribution in [-0.2, 0) is 11.2 Å². The highest BCUT2D eigenvalue weighted by atomic mass is 32.1. The number of hydrogen-bond donors (Lipinski definition) is 0. The monoisotopic (exact) mass is 476 g/mol. The number of benzene rings is 2. The predicted octanol–water partition coefficient (Wildman–Crippen LogP) is 4.59. The number of carbonyl (C=O) groups is 2. The summed E-state index contributed by atoms with van der Waals surface area (Å²) in [6.07, 6.45) is 2.44. The Balaban J connectivity index is 1.52. The molecular weight excluding hydrogens is 448 g/mol. The maximum Gasteiger partial charge on any atom is 0.254 e. The van der Waals surface area contributed by atoms with Gasteiger partial charge in [0.2, 0.25) is 5.91 Å². The number of methoxy groups -OCH3 is 1. The molecule has 0 fully saturated rings. The van der Waals surface area contributed by atoms with Crippen LogP contribution in [-0.4, -0.2) is 55.0 Å². The molecule has 4 rings (SSSR count). The molecule has 0 radical (unpaired) electrons. The third kappa shape index (κ3) is 5.31. The fourth-order valence-electron chi connectivity index (χ4n) is 4.13. The van der Waals surface area contributed by atoms with E-state index in [-0.39, 0.29) is 24.4 Å². The first-order chi connectivity index (χ1) is 16.6. The lowest BCUT2D eigenvalue weighted by molar-refractivity contribution is -0.135. The number of fused-ring (bicyclic) bond motifs is 1. The van der Waals surface area contributed by atoms with Crippen molar-refractivity contribution in [2.24, 2.45) is 0 Å². The molecule has 1 aliphatic rings. The first-order valence-electron chi connectivity index (χ1n) is 11.2. The molecule has 0 aliphatic carbocycles. The quantitative estimate of drug-likeness (QED) is 0.424. The van der Waals surface area contributed by atoms with E-state index in [0.29, 0.717) is 36.8 Å². The van der Waals surface area contributed by atoms with E-state index in [9.17, 15) is 9.59 Å². The van der Waals surface area contributed by atoms with Gasteiger partial charge in [-0.25, -0.2) is 0 Å². The van der Waals surface area contributed by atoms with Crippen molar-refractivity contribution >= 4 is 23.2 Å². The summed E-state index contributed by atoms with van der Waals surface area (Å²) in [6.45, 7) is 4.94. The molecule has 2 heterocycles. The molecule has 0 bridgehead atoms. The highest BCUT2D eigenvalue weighted by molar-refractivity contribution is 7.10. The molecular formula is C27H28N2O4S. The lowest BCUT2D eigenvalue weighted by atomic mass is 10.0. The second-order valence-corrected chi connectivity index (χ2v) is 8.98. The van der Waals surface area contributed by atoms with Gasteiger partial charge >= 0.3 is 0 Å². The van der Waals surface area contributed by atoms with E-state index >= 15 is 0 Å². The molecule has 2 aromatic carbocycles. The summed E-state index contributed by atoms with van der Waals surface area (Å²) in [5.74, 6) is 1.10. The minimum Gasteiger partial charge on any atom is -0.497 e. The molecule has 3 aromatic rings. The van der Waals surface area contributed by atoms with Crippen molar-refractivity contribution in [1.82, 2.24) is 9.80 Å². The molecule has 7 heteroatoms. The van der Waals surface area contributed by atoms with Crippen LogP contribution in [0.1, 0.15) is 26.8 Å². The zero-order valence-corrected chi connectivity index (χ0v) is 20.0. The number of rotatable bonds is 9. The molecule has 1 unspecified atom stereocenters. The number of hydrogen-bond acceptors (Lipinski definition) is 5. The summed E-state index contributed by atoms with van der Waals surface area (Å²) in [4.78, 5) is 31.2. The molecule has 0 saturated heterocycles. The van der Waals surface area contributed by atoms with Crippen LogP contribution in [0.25, 0.3) is 0 Å². The molecule has 1 aliphatic heterocycles. The van der Waals surface area contributed by atoms with Gasteiger partial charge in [-0.2, -0.15) is 0 Å². The average molecular weight is 477 g/mol. The molecule has 1 aromatic heterocycles. The average Bonchev–Trinajstić information content (AvgIpc) is 3.36. The minimum atomic E-state index is -0.230. The molecule has 0 saturated carbocycles. The van der Waals surface area contributed by atoms with E-state index in [1.807, 2.05) is 47.4 Å². The smallest absolute Gasteiger partial charge is 0.254 e. The van der Waals surface area contributed by atoms with Crippen LogP contribution in [0.4, 0.5) is 0 Å². The summed E-state index contributed by atoms with van der Waals surface area (Å²) in [6, 6.07) is 18.3. The maximum absolute atomic E-state index is 13.5. The largest absolute Gasteiger partial charge is 0.497 e. The summed E-state index contributed by atoms with van der Waals surface area (Å²) in [5, 5.41) is 2.06. The van der Waals surface area contributed by atoms with Crippen LogP contribution < -0.4 is 9.47 Å². The van der Waals surface area contributed by atoms with Crippen LogP contribution in [0.2, 0.25) is 0 Å². The Morgan fingerprint density at radius 3 is 2.71 bits per heavy atom. The van der Waals surface area contributed by atoms with Crippen molar-refractivity contribution in [2.75, 3.05) is 33.4 Å². The highest BCUT2D eigenvalue weighted by Crippen LogP contribution is 2.34. The standard InChI is InChI=1S/C27H28N2O4S/c1-3-14-28(27(31)20-8-5-4-6-9-20)18-26(30)29-15-12-25-23(13-16-34-25)24(29)19-33-22-11-7-10-21(17-22)32-2/h3-11,13,16-17,24H,1,12,14-15,18-19H2,2H3. The van der Waals surface area contributed by atoms with E-state index in [0.717, 1.165) is 12.0 Å². The molecule has 0 N–H and O–H groups in total. The maximum atomic E-state index is 13.5. The first-order valence-corrected chi connectivity index (χ1v) is 12.1. The van der Waals surface area contributed by atoms with Gasteiger partial charge in [-0.3, -0.25) is 9.59 Å². The Kier molecular flexibility index (Phi) is 7.65. The van der Waals surface area contributed by atoms with E-state index in [1.54, 1.807) is 36.7 Å². The Hall–Kier alpha value is -3.58. The topological polar surface area (TPSA) is 59.1 Å². The first kappa shape index (κ1) is 23.6. The van der Waals surface area contributed by atoms with E-state index in [2.05, 4.69) is 18.0 Å². The Labute approximate surface area is 204 Å². The van der Waals surface area contributed by atoms with Crippen molar-refractivity contribution < 1.29 is 19.1 Å². The van der Waals surface area contributed by atoms with Crippen molar-refractivity contribution in [3.05, 3.63) is 94.7 Å². The van der Waals surface area contributed by atoms with Crippen LogP contribution >= 0.6 is 11.3 Å². The third-order valence-corrected chi connectivity index (χ3v) is 6.84. The molecule has 176 valence electrons. The van der Waals surface area contributed by atoms with Gasteiger partial charge in [0.1, 0.15) is 24.7 Å². The van der Waals surface area contributed by atoms with Gasteiger partial charge in [-0.1, -0.05) is 30.3 Å². The number of amides is 2. The molecule has 1 atom stereocenters. The van der Waals surface area contributed by atoms with Gasteiger partial charge < -0.3 is 19.3 Å². The second-order valence-electron chi connectivity index (χ2n) is 7.98. The van der Waals surface area contributed by atoms with Crippen LogP contribution in [0.3, 0.4) is 0 Å². The van der Waals surface area contributed by atoms with Gasteiger partial charge in [0.25, 0.3) is 5.91 Å². The van der Waals surface area contributed by atoms with Gasteiger partial charge in [-0.15, -0.1) is 17.9 Å². The summed E-state index contributed by atoms with van der Waals surface area (Å²) >= 11 is 1.70. The van der Waals surface area contributed by atoms with E-state index in [1.165, 1.54) is 9.78 Å². The van der Waals surface area contributed by atoms with Crippen LogP contribution in [0.5, 0.6) is 11.5 Å². The third-order valence-electron chi connectivity index (χ3n) is 5.85. The molecule has 6 nitrogen and oxygen atoms in total. The zero-order valence-electron chi connectivity index (χ0n) is 19.2. The van der Waals surface area contributed by atoms with Crippen molar-refractivity contribution in [3.63, 3.8) is 0 Å². The zero-order chi connectivity index (χ0) is 23.9. The fraction of sp³-hybridized carbons (Fsp3) is 0.259. The summed E-state index contributed by atoms with van der Waals surface area (Å²) in [7, 11) is 1.62. The summed E-state index contributed by atoms with van der Waals surface area (Å²) in [5.41, 5.74) is 1.66. The van der Waals surface area contributed by atoms with Crippen LogP contribution in [0, 0.1) is 0 Å². The lowest BCUT2D eigenvalue weighted by Gasteiger charge is -2.37. The fourth-order valence-corrected chi connectivity index (χ4v) is 5.06. The molecule has 0 spiro atoms. The van der Waals surface area contributed by atoms with E-state index < -0.39 is 0 Å². The number of ether oxygens (including phenoxy) is 2. The number of carbonyl (C=O) groups excluding carboxylic acids is 2. The SMILES string of the molecule is C=CCN(CC(=O)N1CCc2sccc2C1COc1cccc(OC)c1)C(=O)c1ccccc1. The van der Waals surface area contributed by atoms with Crippen molar-refractivity contribution in [1.29, 1.82) is 0 Å².